The van der Waals surface area contributed by atoms with Crippen molar-refractivity contribution in [3.63, 3.8) is 0 Å². The third-order valence-electron chi connectivity index (χ3n) is 2.55. The molecule has 0 unspecified atom stereocenters. The molecule has 0 fully saturated rings. The topological polar surface area (TPSA) is 37.3 Å². The molecule has 0 atom stereocenters. The molecule has 0 aliphatic rings. The van der Waals surface area contributed by atoms with E-state index >= 15 is 0 Å². The Morgan fingerprint density at radius 1 is 0.842 bits per heavy atom. The van der Waals surface area contributed by atoms with Gasteiger partial charge in [-0.15, -0.1) is 0 Å². The fourth-order valence-electron chi connectivity index (χ4n) is 1.52. The molecular weight excluding hydrogens is 236 g/mol. The number of rotatable bonds is 11. The number of hydrogen-bond donors (Lipinski definition) is 1. The van der Waals surface area contributed by atoms with E-state index in [1.807, 2.05) is 12.2 Å². The third-order valence-corrected chi connectivity index (χ3v) is 2.55. The van der Waals surface area contributed by atoms with Gasteiger partial charge in [0.25, 0.3) is 0 Å². The zero-order valence-electron chi connectivity index (χ0n) is 11.9. The van der Waals surface area contributed by atoms with E-state index in [4.69, 9.17) is 5.11 Å². The van der Waals surface area contributed by atoms with Crippen LogP contribution >= 0.6 is 0 Å². The van der Waals surface area contributed by atoms with Crippen molar-refractivity contribution in [3.05, 3.63) is 48.6 Å². The van der Waals surface area contributed by atoms with Crippen LogP contribution in [0.3, 0.4) is 0 Å². The van der Waals surface area contributed by atoms with Crippen molar-refractivity contribution in [3.8, 4) is 0 Å². The molecule has 106 valence electrons. The average molecular weight is 262 g/mol. The maximum atomic E-state index is 10.2. The summed E-state index contributed by atoms with van der Waals surface area (Å²) in [4.78, 5) is 10.2. The molecule has 0 rings (SSSR count). The van der Waals surface area contributed by atoms with Crippen LogP contribution in [-0.4, -0.2) is 11.1 Å². The number of unbranched alkanes of at least 4 members (excludes halogenated alkanes) is 3. The Morgan fingerprint density at radius 3 is 1.89 bits per heavy atom. The zero-order valence-corrected chi connectivity index (χ0v) is 11.9. The maximum Gasteiger partial charge on any atom is 0.327 e. The molecule has 0 bridgehead atoms. The number of carboxylic acid groups (broad SMARTS) is 1. The quantitative estimate of drug-likeness (QED) is 0.321. The van der Waals surface area contributed by atoms with Crippen molar-refractivity contribution < 1.29 is 9.90 Å². The fraction of sp³-hybridized carbons (Fsp3) is 0.471. The Balaban J connectivity index is 3.43. The Hall–Kier alpha value is -1.57. The Kier molecular flexibility index (Phi) is 13.3. The van der Waals surface area contributed by atoms with E-state index in [1.165, 1.54) is 31.8 Å². The molecular formula is C17H26O2. The van der Waals surface area contributed by atoms with Crippen LogP contribution in [0.1, 0.15) is 51.9 Å². The number of allylic oxidation sites excluding steroid dienone is 7. The number of hydrogen-bond acceptors (Lipinski definition) is 1. The number of carboxylic acids is 1. The lowest BCUT2D eigenvalue weighted by atomic mass is 10.2. The van der Waals surface area contributed by atoms with Gasteiger partial charge in [0.05, 0.1) is 0 Å². The molecule has 0 heterocycles. The third kappa shape index (κ3) is 16.4. The van der Waals surface area contributed by atoms with E-state index in [9.17, 15) is 4.79 Å². The van der Waals surface area contributed by atoms with E-state index in [-0.39, 0.29) is 0 Å². The molecule has 0 amide bonds. The molecule has 0 aliphatic carbocycles. The first-order chi connectivity index (χ1) is 9.27. The van der Waals surface area contributed by atoms with E-state index in [1.54, 1.807) is 6.08 Å². The Labute approximate surface area is 117 Å². The highest BCUT2D eigenvalue weighted by atomic mass is 16.4. The van der Waals surface area contributed by atoms with Crippen LogP contribution in [0.5, 0.6) is 0 Å². The van der Waals surface area contributed by atoms with Gasteiger partial charge in [0.15, 0.2) is 0 Å². The summed E-state index contributed by atoms with van der Waals surface area (Å²) < 4.78 is 0. The van der Waals surface area contributed by atoms with Gasteiger partial charge in [-0.2, -0.15) is 0 Å². The van der Waals surface area contributed by atoms with Crippen LogP contribution in [0.15, 0.2) is 48.6 Å². The van der Waals surface area contributed by atoms with E-state index in [2.05, 4.69) is 31.2 Å². The highest BCUT2D eigenvalue weighted by molar-refractivity contribution is 5.79. The summed E-state index contributed by atoms with van der Waals surface area (Å²) in [7, 11) is 0. The molecule has 19 heavy (non-hydrogen) atoms. The smallest absolute Gasteiger partial charge is 0.327 e. The standard InChI is InChI=1S/C17H26O2/c1-2-3-4-5-6-7-8-9-10-11-12-13-14-15-16-17(18)19/h6-7,9-10,12-13,15-16H,2-5,8,11,14H2,1H3,(H,18,19). The lowest BCUT2D eigenvalue weighted by molar-refractivity contribution is -0.131. The van der Waals surface area contributed by atoms with Gasteiger partial charge >= 0.3 is 5.97 Å². The van der Waals surface area contributed by atoms with Gasteiger partial charge in [-0.25, -0.2) is 4.79 Å². The van der Waals surface area contributed by atoms with Gasteiger partial charge < -0.3 is 5.11 Å². The predicted molar refractivity (Wildman–Crippen MR) is 82.2 cm³/mol. The summed E-state index contributed by atoms with van der Waals surface area (Å²) in [6.07, 6.45) is 23.3. The molecule has 0 radical (unpaired) electrons. The van der Waals surface area contributed by atoms with Gasteiger partial charge in [0, 0.05) is 6.08 Å². The SMILES string of the molecule is CCCCCC=CCC=CCC=CCC=CC(=O)O. The van der Waals surface area contributed by atoms with Crippen molar-refractivity contribution in [1.29, 1.82) is 0 Å². The Morgan fingerprint density at radius 2 is 1.37 bits per heavy atom. The first-order valence-corrected chi connectivity index (χ1v) is 7.11. The van der Waals surface area contributed by atoms with E-state index in [0.717, 1.165) is 12.8 Å². The van der Waals surface area contributed by atoms with Crippen LogP contribution in [-0.2, 0) is 4.79 Å². The van der Waals surface area contributed by atoms with Crippen molar-refractivity contribution in [2.75, 3.05) is 0 Å². The minimum absolute atomic E-state index is 0.678. The molecule has 0 saturated heterocycles. The average Bonchev–Trinajstić information content (AvgIpc) is 2.39. The van der Waals surface area contributed by atoms with E-state index < -0.39 is 5.97 Å². The molecule has 0 aromatic heterocycles. The first kappa shape index (κ1) is 17.4. The number of carbonyl (C=O) groups is 1. The van der Waals surface area contributed by atoms with Gasteiger partial charge in [-0.3, -0.25) is 0 Å². The molecule has 1 N–H and O–H groups in total. The summed E-state index contributed by atoms with van der Waals surface area (Å²) in [5.74, 6) is -0.890. The summed E-state index contributed by atoms with van der Waals surface area (Å²) in [5, 5.41) is 8.38. The second-order valence-electron chi connectivity index (χ2n) is 4.36. The second kappa shape index (κ2) is 14.5. The van der Waals surface area contributed by atoms with Crippen LogP contribution < -0.4 is 0 Å². The summed E-state index contributed by atoms with van der Waals surface area (Å²) in [6, 6.07) is 0. The van der Waals surface area contributed by atoms with Gasteiger partial charge in [-0.1, -0.05) is 62.3 Å². The van der Waals surface area contributed by atoms with Crippen molar-refractivity contribution in [2.45, 2.75) is 51.9 Å². The molecule has 0 aliphatic heterocycles. The maximum absolute atomic E-state index is 10.2. The van der Waals surface area contributed by atoms with Crippen LogP contribution in [0.4, 0.5) is 0 Å². The lowest BCUT2D eigenvalue weighted by Gasteiger charge is -1.90. The summed E-state index contributed by atoms with van der Waals surface area (Å²) in [5.41, 5.74) is 0. The molecule has 0 saturated carbocycles. The predicted octanol–water partition coefficient (Wildman–Crippen LogP) is 5.05. The zero-order chi connectivity index (χ0) is 14.2. The minimum Gasteiger partial charge on any atom is -0.478 e. The monoisotopic (exact) mass is 262 g/mol. The molecule has 0 aromatic rings. The fourth-order valence-corrected chi connectivity index (χ4v) is 1.52. The van der Waals surface area contributed by atoms with Crippen molar-refractivity contribution >= 4 is 5.97 Å². The van der Waals surface area contributed by atoms with Crippen LogP contribution in [0, 0.1) is 0 Å². The van der Waals surface area contributed by atoms with E-state index in [0.29, 0.717) is 6.42 Å². The summed E-state index contributed by atoms with van der Waals surface area (Å²) >= 11 is 0. The first-order valence-electron chi connectivity index (χ1n) is 7.11. The largest absolute Gasteiger partial charge is 0.478 e. The van der Waals surface area contributed by atoms with Crippen molar-refractivity contribution in [1.82, 2.24) is 0 Å². The molecule has 0 spiro atoms. The van der Waals surface area contributed by atoms with Gasteiger partial charge in [-0.05, 0) is 32.1 Å². The number of aliphatic carboxylic acids is 1. The van der Waals surface area contributed by atoms with Crippen molar-refractivity contribution in [2.24, 2.45) is 0 Å². The second-order valence-corrected chi connectivity index (χ2v) is 4.36. The molecule has 2 nitrogen and oxygen atoms in total. The Bertz CT molecular complexity index is 322. The van der Waals surface area contributed by atoms with Gasteiger partial charge in [0.2, 0.25) is 0 Å². The normalized spacial score (nSPS) is 12.5. The highest BCUT2D eigenvalue weighted by Crippen LogP contribution is 2.00. The van der Waals surface area contributed by atoms with Crippen LogP contribution in [0.25, 0.3) is 0 Å². The van der Waals surface area contributed by atoms with Gasteiger partial charge in [0.1, 0.15) is 0 Å². The lowest BCUT2D eigenvalue weighted by Crippen LogP contribution is -1.84. The molecule has 0 aromatic carbocycles. The minimum atomic E-state index is -0.890. The summed E-state index contributed by atoms with van der Waals surface area (Å²) in [6.45, 7) is 2.22. The highest BCUT2D eigenvalue weighted by Gasteiger charge is 1.82. The van der Waals surface area contributed by atoms with Crippen LogP contribution in [0.2, 0.25) is 0 Å². The molecule has 2 heteroatoms.